The Morgan fingerprint density at radius 3 is 2.58 bits per heavy atom. The summed E-state index contributed by atoms with van der Waals surface area (Å²) in [6, 6.07) is 5.53. The molecule has 5 nitrogen and oxygen atoms in total. The van der Waals surface area contributed by atoms with Crippen LogP contribution in [-0.2, 0) is 14.3 Å². The highest BCUT2D eigenvalue weighted by atomic mass is 16.6. The van der Waals surface area contributed by atoms with Gasteiger partial charge in [0.15, 0.2) is 6.61 Å². The summed E-state index contributed by atoms with van der Waals surface area (Å²) >= 11 is 0. The highest BCUT2D eigenvalue weighted by Gasteiger charge is 2.21. The molecule has 1 aliphatic rings. The van der Waals surface area contributed by atoms with Gasteiger partial charge < -0.3 is 14.5 Å². The number of nitrogens with one attached hydrogen (secondary N) is 1. The molecule has 1 heterocycles. The Kier molecular flexibility index (Phi) is 5.35. The van der Waals surface area contributed by atoms with E-state index in [-0.39, 0.29) is 6.61 Å². The van der Waals surface area contributed by atoms with Crippen LogP contribution < -0.4 is 0 Å². The van der Waals surface area contributed by atoms with Crippen LogP contribution >= 0.6 is 0 Å². The zero-order valence-corrected chi connectivity index (χ0v) is 15.8. The van der Waals surface area contributed by atoms with Crippen LogP contribution in [0.3, 0.4) is 0 Å². The van der Waals surface area contributed by atoms with Gasteiger partial charge in [-0.15, -0.1) is 0 Å². The summed E-state index contributed by atoms with van der Waals surface area (Å²) in [6.45, 7) is 4.94. The monoisotopic (exact) mass is 357 g/mol. The molecule has 1 N–H and O–H groups in total. The molecule has 1 aromatic carbocycles. The van der Waals surface area contributed by atoms with E-state index in [9.17, 15) is 9.59 Å². The van der Waals surface area contributed by atoms with Gasteiger partial charge in [0, 0.05) is 17.1 Å². The molecular formula is C21H27NO4. The largest absolute Gasteiger partial charge is 0.457 e. The summed E-state index contributed by atoms with van der Waals surface area (Å²) in [6.07, 6.45) is 8.42. The third-order valence-electron chi connectivity index (χ3n) is 4.74. The van der Waals surface area contributed by atoms with E-state index in [1.807, 2.05) is 6.07 Å². The molecule has 26 heavy (non-hydrogen) atoms. The molecule has 1 saturated carbocycles. The van der Waals surface area contributed by atoms with Gasteiger partial charge in [0.2, 0.25) is 0 Å². The molecule has 0 atom stereocenters. The molecule has 140 valence electrons. The van der Waals surface area contributed by atoms with E-state index < -0.39 is 17.5 Å². The number of rotatable bonds is 4. The lowest BCUT2D eigenvalue weighted by molar-refractivity contribution is -0.158. The second kappa shape index (κ2) is 7.52. The number of fused-ring (bicyclic) bond motifs is 1. The highest BCUT2D eigenvalue weighted by molar-refractivity contribution is 5.96. The number of aromatic amines is 1. The van der Waals surface area contributed by atoms with Gasteiger partial charge in [-0.25, -0.2) is 9.59 Å². The smallest absolute Gasteiger partial charge is 0.344 e. The van der Waals surface area contributed by atoms with Crippen LogP contribution in [0.25, 0.3) is 10.9 Å². The molecule has 0 saturated heterocycles. The van der Waals surface area contributed by atoms with Gasteiger partial charge in [0.25, 0.3) is 0 Å². The van der Waals surface area contributed by atoms with Crippen molar-refractivity contribution >= 4 is 22.8 Å². The van der Waals surface area contributed by atoms with Crippen molar-refractivity contribution in [2.75, 3.05) is 6.61 Å². The molecule has 0 amide bonds. The van der Waals surface area contributed by atoms with Gasteiger partial charge in [-0.3, -0.25) is 0 Å². The average molecular weight is 357 g/mol. The third kappa shape index (κ3) is 4.45. The maximum atomic E-state index is 12.2. The molecule has 5 heteroatoms. The Hall–Kier alpha value is -2.30. The first-order valence-electron chi connectivity index (χ1n) is 9.33. The van der Waals surface area contributed by atoms with Crippen molar-refractivity contribution in [1.82, 2.24) is 4.98 Å². The molecule has 0 bridgehead atoms. The van der Waals surface area contributed by atoms with Gasteiger partial charge in [0.05, 0.1) is 5.56 Å². The van der Waals surface area contributed by atoms with Crippen LogP contribution in [0.4, 0.5) is 0 Å². The van der Waals surface area contributed by atoms with E-state index in [1.54, 1.807) is 32.9 Å². The van der Waals surface area contributed by atoms with Crippen LogP contribution in [0.15, 0.2) is 24.4 Å². The average Bonchev–Trinajstić information content (AvgIpc) is 3.02. The zero-order chi connectivity index (χ0) is 18.7. The molecule has 2 aromatic rings. The SMILES string of the molecule is CC(C)(C)OC(=O)COC(=O)c1ccc2c(C3CCCCC3)c[nH]c2c1. The predicted molar refractivity (Wildman–Crippen MR) is 100 cm³/mol. The molecule has 1 fully saturated rings. The van der Waals surface area contributed by atoms with Gasteiger partial charge in [0.1, 0.15) is 5.60 Å². The van der Waals surface area contributed by atoms with Crippen LogP contribution in [0.5, 0.6) is 0 Å². The highest BCUT2D eigenvalue weighted by Crippen LogP contribution is 2.36. The van der Waals surface area contributed by atoms with E-state index >= 15 is 0 Å². The number of carbonyl (C=O) groups is 2. The molecule has 0 radical (unpaired) electrons. The fourth-order valence-corrected chi connectivity index (χ4v) is 3.61. The van der Waals surface area contributed by atoms with Crippen LogP contribution in [0.2, 0.25) is 0 Å². The van der Waals surface area contributed by atoms with Crippen molar-refractivity contribution < 1.29 is 19.1 Å². The topological polar surface area (TPSA) is 68.4 Å². The van der Waals surface area contributed by atoms with Crippen molar-refractivity contribution in [2.24, 2.45) is 0 Å². The molecule has 1 aliphatic carbocycles. The van der Waals surface area contributed by atoms with Gasteiger partial charge >= 0.3 is 11.9 Å². The van der Waals surface area contributed by atoms with Crippen molar-refractivity contribution in [3.8, 4) is 0 Å². The minimum absolute atomic E-state index is 0.383. The first-order chi connectivity index (χ1) is 12.3. The van der Waals surface area contributed by atoms with Crippen LogP contribution in [-0.4, -0.2) is 29.1 Å². The fourth-order valence-electron chi connectivity index (χ4n) is 3.61. The lowest BCUT2D eigenvalue weighted by Crippen LogP contribution is -2.27. The Labute approximate surface area is 154 Å². The van der Waals surface area contributed by atoms with Crippen molar-refractivity contribution in [1.29, 1.82) is 0 Å². The summed E-state index contributed by atoms with van der Waals surface area (Å²) in [5.74, 6) is -0.472. The maximum absolute atomic E-state index is 12.2. The quantitative estimate of drug-likeness (QED) is 0.804. The van der Waals surface area contributed by atoms with Gasteiger partial charge in [-0.05, 0) is 57.2 Å². The van der Waals surface area contributed by atoms with E-state index in [0.717, 1.165) is 5.52 Å². The normalized spacial score (nSPS) is 15.8. The van der Waals surface area contributed by atoms with E-state index in [4.69, 9.17) is 9.47 Å². The summed E-state index contributed by atoms with van der Waals surface area (Å²) in [4.78, 5) is 27.2. The van der Waals surface area contributed by atoms with Crippen molar-refractivity contribution in [3.63, 3.8) is 0 Å². The van der Waals surface area contributed by atoms with Gasteiger partial charge in [-0.2, -0.15) is 0 Å². The second-order valence-electron chi connectivity index (χ2n) is 8.00. The molecule has 1 aromatic heterocycles. The number of hydrogen-bond donors (Lipinski definition) is 1. The second-order valence-corrected chi connectivity index (χ2v) is 8.00. The first kappa shape index (κ1) is 18.5. The standard InChI is InChI=1S/C21H27NO4/c1-21(2,3)26-19(23)13-25-20(24)15-9-10-16-17(12-22-18(16)11-15)14-7-5-4-6-8-14/h9-12,14,22H,4-8,13H2,1-3H3. The first-order valence-corrected chi connectivity index (χ1v) is 9.33. The summed E-state index contributed by atoms with van der Waals surface area (Å²) in [5.41, 5.74) is 2.10. The number of aromatic nitrogens is 1. The predicted octanol–water partition coefficient (Wildman–Crippen LogP) is 4.71. The Morgan fingerprint density at radius 1 is 1.15 bits per heavy atom. The van der Waals surface area contributed by atoms with Crippen LogP contribution in [0, 0.1) is 0 Å². The summed E-state index contributed by atoms with van der Waals surface area (Å²) < 4.78 is 10.2. The third-order valence-corrected chi connectivity index (χ3v) is 4.74. The number of hydrogen-bond acceptors (Lipinski definition) is 4. The minimum atomic E-state index is -0.595. The van der Waals surface area contributed by atoms with Crippen LogP contribution in [0.1, 0.15) is 74.7 Å². The lowest BCUT2D eigenvalue weighted by atomic mass is 9.84. The summed E-state index contributed by atoms with van der Waals surface area (Å²) in [7, 11) is 0. The number of carbonyl (C=O) groups excluding carboxylic acids is 2. The summed E-state index contributed by atoms with van der Waals surface area (Å²) in [5, 5.41) is 1.17. The number of benzene rings is 1. The minimum Gasteiger partial charge on any atom is -0.457 e. The Balaban J connectivity index is 1.67. The molecule has 3 rings (SSSR count). The molecule has 0 spiro atoms. The zero-order valence-electron chi connectivity index (χ0n) is 15.8. The van der Waals surface area contributed by atoms with Crippen molar-refractivity contribution in [3.05, 3.63) is 35.5 Å². The Bertz CT molecular complexity index is 794. The van der Waals surface area contributed by atoms with E-state index in [2.05, 4.69) is 11.2 Å². The number of ether oxygens (including phenoxy) is 2. The fraction of sp³-hybridized carbons (Fsp3) is 0.524. The van der Waals surface area contributed by atoms with Gasteiger partial charge in [-0.1, -0.05) is 25.3 Å². The van der Waals surface area contributed by atoms with E-state index in [1.165, 1.54) is 43.1 Å². The maximum Gasteiger partial charge on any atom is 0.344 e. The van der Waals surface area contributed by atoms with Crippen molar-refractivity contribution in [2.45, 2.75) is 64.4 Å². The Morgan fingerprint density at radius 2 is 1.88 bits per heavy atom. The molecule has 0 unspecified atom stereocenters. The van der Waals surface area contributed by atoms with E-state index in [0.29, 0.717) is 11.5 Å². The molecule has 0 aliphatic heterocycles. The number of esters is 2. The number of H-pyrrole nitrogens is 1. The lowest BCUT2D eigenvalue weighted by Gasteiger charge is -2.21. The molecular weight excluding hydrogens is 330 g/mol.